The van der Waals surface area contributed by atoms with Gasteiger partial charge < -0.3 is 20.1 Å². The fraction of sp³-hybridized carbons (Fsp3) is 0.211. The number of ether oxygens (including phenoxy) is 2. The molecule has 140 valence electrons. The SMILES string of the molecule is COc1cc(CNC(=O)NCc2cccnc2-n2cccn2)cc(OC)c1. The van der Waals surface area contributed by atoms with Crippen LogP contribution in [0.1, 0.15) is 11.1 Å². The molecular weight excluding hydrogens is 346 g/mol. The zero-order chi connectivity index (χ0) is 19.1. The molecule has 27 heavy (non-hydrogen) atoms. The van der Waals surface area contributed by atoms with Crippen LogP contribution in [0, 0.1) is 0 Å². The molecule has 0 saturated carbocycles. The van der Waals surface area contributed by atoms with Crippen LogP contribution in [0.25, 0.3) is 5.82 Å². The van der Waals surface area contributed by atoms with Crippen LogP contribution in [0.3, 0.4) is 0 Å². The summed E-state index contributed by atoms with van der Waals surface area (Å²) in [6, 6.07) is 10.7. The van der Waals surface area contributed by atoms with Crippen molar-refractivity contribution < 1.29 is 14.3 Å². The first kappa shape index (κ1) is 18.2. The van der Waals surface area contributed by atoms with E-state index in [1.165, 1.54) is 0 Å². The third-order valence-electron chi connectivity index (χ3n) is 3.89. The monoisotopic (exact) mass is 367 g/mol. The number of nitrogens with one attached hydrogen (secondary N) is 2. The molecule has 2 heterocycles. The molecule has 0 fully saturated rings. The Labute approximate surface area is 157 Å². The van der Waals surface area contributed by atoms with E-state index in [0.29, 0.717) is 30.4 Å². The molecule has 0 bridgehead atoms. The number of carbonyl (C=O) groups excluding carboxylic acids is 1. The topological polar surface area (TPSA) is 90.3 Å². The van der Waals surface area contributed by atoms with E-state index in [4.69, 9.17) is 9.47 Å². The van der Waals surface area contributed by atoms with Crippen LogP contribution in [0.5, 0.6) is 11.5 Å². The maximum absolute atomic E-state index is 12.2. The largest absolute Gasteiger partial charge is 0.497 e. The van der Waals surface area contributed by atoms with Crippen molar-refractivity contribution in [2.45, 2.75) is 13.1 Å². The molecule has 0 aliphatic heterocycles. The zero-order valence-corrected chi connectivity index (χ0v) is 15.2. The number of hydrogen-bond acceptors (Lipinski definition) is 5. The number of pyridine rings is 1. The van der Waals surface area contributed by atoms with Gasteiger partial charge in [0.1, 0.15) is 11.5 Å². The first-order chi connectivity index (χ1) is 13.2. The molecule has 0 spiro atoms. The Bertz CT molecular complexity index is 874. The lowest BCUT2D eigenvalue weighted by molar-refractivity contribution is 0.240. The van der Waals surface area contributed by atoms with E-state index in [9.17, 15) is 4.79 Å². The maximum Gasteiger partial charge on any atom is 0.315 e. The van der Waals surface area contributed by atoms with Gasteiger partial charge in [-0.2, -0.15) is 5.10 Å². The minimum absolute atomic E-state index is 0.285. The van der Waals surface area contributed by atoms with Gasteiger partial charge in [0.15, 0.2) is 5.82 Å². The number of hydrogen-bond donors (Lipinski definition) is 2. The highest BCUT2D eigenvalue weighted by Gasteiger charge is 2.08. The van der Waals surface area contributed by atoms with Crippen molar-refractivity contribution in [3.8, 4) is 17.3 Å². The number of aromatic nitrogens is 3. The van der Waals surface area contributed by atoms with Crippen LogP contribution < -0.4 is 20.1 Å². The van der Waals surface area contributed by atoms with E-state index >= 15 is 0 Å². The van der Waals surface area contributed by atoms with Crippen LogP contribution in [0.4, 0.5) is 4.79 Å². The van der Waals surface area contributed by atoms with Crippen LogP contribution in [0.15, 0.2) is 55.0 Å². The van der Waals surface area contributed by atoms with Gasteiger partial charge in [0.05, 0.1) is 14.2 Å². The van der Waals surface area contributed by atoms with E-state index in [-0.39, 0.29) is 6.03 Å². The Morgan fingerprint density at radius 2 is 1.78 bits per heavy atom. The summed E-state index contributed by atoms with van der Waals surface area (Å²) in [5.74, 6) is 2.02. The van der Waals surface area contributed by atoms with E-state index < -0.39 is 0 Å². The molecule has 0 aliphatic carbocycles. The van der Waals surface area contributed by atoms with Crippen LogP contribution in [-0.4, -0.2) is 35.0 Å². The fourth-order valence-electron chi connectivity index (χ4n) is 2.56. The third kappa shape index (κ3) is 4.75. The molecule has 3 aromatic rings. The first-order valence-corrected chi connectivity index (χ1v) is 8.37. The molecule has 2 amide bonds. The van der Waals surface area contributed by atoms with Gasteiger partial charge >= 0.3 is 6.03 Å². The summed E-state index contributed by atoms with van der Waals surface area (Å²) in [6.45, 7) is 0.675. The lowest BCUT2D eigenvalue weighted by Crippen LogP contribution is -2.34. The summed E-state index contributed by atoms with van der Waals surface area (Å²) in [6.07, 6.45) is 5.18. The van der Waals surface area contributed by atoms with Crippen molar-refractivity contribution in [2.75, 3.05) is 14.2 Å². The minimum atomic E-state index is -0.285. The molecule has 1 aromatic carbocycles. The van der Waals surface area contributed by atoms with Gasteiger partial charge in [-0.25, -0.2) is 14.5 Å². The standard InChI is InChI=1S/C19H21N5O3/c1-26-16-9-14(10-17(11-16)27-2)12-21-19(25)22-13-15-5-3-6-20-18(15)24-8-4-7-23-24/h3-11H,12-13H2,1-2H3,(H2,21,22,25). The summed E-state index contributed by atoms with van der Waals surface area (Å²) < 4.78 is 12.1. The van der Waals surface area contributed by atoms with Gasteiger partial charge in [0, 0.05) is 43.3 Å². The van der Waals surface area contributed by atoms with Crippen molar-refractivity contribution in [3.63, 3.8) is 0 Å². The molecule has 0 aliphatic rings. The van der Waals surface area contributed by atoms with Crippen molar-refractivity contribution in [1.82, 2.24) is 25.4 Å². The second-order valence-electron chi connectivity index (χ2n) is 5.69. The molecule has 8 heteroatoms. The number of carbonyl (C=O) groups is 1. The highest BCUT2D eigenvalue weighted by molar-refractivity contribution is 5.74. The average Bonchev–Trinajstić information content (AvgIpc) is 3.25. The molecule has 0 radical (unpaired) electrons. The lowest BCUT2D eigenvalue weighted by atomic mass is 10.2. The van der Waals surface area contributed by atoms with E-state index in [1.807, 2.05) is 36.5 Å². The van der Waals surface area contributed by atoms with E-state index in [1.54, 1.807) is 37.4 Å². The van der Waals surface area contributed by atoms with E-state index in [0.717, 1.165) is 11.1 Å². The number of benzene rings is 1. The van der Waals surface area contributed by atoms with Crippen LogP contribution in [-0.2, 0) is 13.1 Å². The number of urea groups is 1. The summed E-state index contributed by atoms with van der Waals surface area (Å²) in [5.41, 5.74) is 1.74. The van der Waals surface area contributed by atoms with Crippen LogP contribution in [0.2, 0.25) is 0 Å². The third-order valence-corrected chi connectivity index (χ3v) is 3.89. The van der Waals surface area contributed by atoms with Crippen molar-refractivity contribution in [1.29, 1.82) is 0 Å². The molecule has 0 atom stereocenters. The van der Waals surface area contributed by atoms with Crippen molar-refractivity contribution >= 4 is 6.03 Å². The smallest absolute Gasteiger partial charge is 0.315 e. The Hall–Kier alpha value is -3.55. The molecule has 2 N–H and O–H groups in total. The Morgan fingerprint density at radius 1 is 1.04 bits per heavy atom. The molecule has 8 nitrogen and oxygen atoms in total. The first-order valence-electron chi connectivity index (χ1n) is 8.37. The van der Waals surface area contributed by atoms with Crippen LogP contribution >= 0.6 is 0 Å². The number of nitrogens with zero attached hydrogens (tertiary/aromatic N) is 3. The second-order valence-corrected chi connectivity index (χ2v) is 5.69. The molecular formula is C19H21N5O3. The van der Waals surface area contributed by atoms with Gasteiger partial charge in [-0.15, -0.1) is 0 Å². The Morgan fingerprint density at radius 3 is 2.44 bits per heavy atom. The predicted molar refractivity (Wildman–Crippen MR) is 100.0 cm³/mol. The summed E-state index contributed by atoms with van der Waals surface area (Å²) in [7, 11) is 3.17. The highest BCUT2D eigenvalue weighted by Crippen LogP contribution is 2.22. The number of methoxy groups -OCH3 is 2. The van der Waals surface area contributed by atoms with Gasteiger partial charge in [-0.1, -0.05) is 6.07 Å². The highest BCUT2D eigenvalue weighted by atomic mass is 16.5. The molecule has 0 unspecified atom stereocenters. The van der Waals surface area contributed by atoms with Crippen molar-refractivity contribution in [2.24, 2.45) is 0 Å². The number of rotatable bonds is 7. The average molecular weight is 367 g/mol. The molecule has 2 aromatic heterocycles. The van der Waals surface area contributed by atoms with Gasteiger partial charge in [0.2, 0.25) is 0 Å². The number of amides is 2. The van der Waals surface area contributed by atoms with Crippen molar-refractivity contribution in [3.05, 3.63) is 66.1 Å². The fourth-order valence-corrected chi connectivity index (χ4v) is 2.56. The van der Waals surface area contributed by atoms with Gasteiger partial charge in [0.25, 0.3) is 0 Å². The zero-order valence-electron chi connectivity index (χ0n) is 15.2. The molecule has 0 saturated heterocycles. The van der Waals surface area contributed by atoms with Gasteiger partial charge in [-0.3, -0.25) is 0 Å². The predicted octanol–water partition coefficient (Wildman–Crippen LogP) is 2.28. The normalized spacial score (nSPS) is 10.3. The summed E-state index contributed by atoms with van der Waals surface area (Å²) >= 11 is 0. The summed E-state index contributed by atoms with van der Waals surface area (Å²) in [5, 5.41) is 9.84. The quantitative estimate of drug-likeness (QED) is 0.669. The minimum Gasteiger partial charge on any atom is -0.497 e. The second kappa shape index (κ2) is 8.70. The Balaban J connectivity index is 1.58. The Kier molecular flexibility index (Phi) is 5.88. The molecule has 3 rings (SSSR count). The summed E-state index contributed by atoms with van der Waals surface area (Å²) in [4.78, 5) is 16.5. The lowest BCUT2D eigenvalue weighted by Gasteiger charge is -2.12. The van der Waals surface area contributed by atoms with Gasteiger partial charge in [-0.05, 0) is 29.8 Å². The van der Waals surface area contributed by atoms with E-state index in [2.05, 4.69) is 20.7 Å². The maximum atomic E-state index is 12.2.